The standard InChI is InChI=1S/C22H20ClNO/c1-16-10-11-20(12-17(16)2)24-14-18-6-5-8-21(13-18)25-15-19-7-3-4-9-22(19)23/h3-14H,15H2,1-2H3. The van der Waals surface area contributed by atoms with Crippen LogP contribution >= 0.6 is 11.6 Å². The van der Waals surface area contributed by atoms with Crippen molar-refractivity contribution in [2.75, 3.05) is 0 Å². The number of hydrogen-bond acceptors (Lipinski definition) is 2. The molecule has 0 unspecified atom stereocenters. The van der Waals surface area contributed by atoms with Gasteiger partial charge in [-0.3, -0.25) is 4.99 Å². The van der Waals surface area contributed by atoms with Gasteiger partial charge in [0.25, 0.3) is 0 Å². The molecule has 0 saturated carbocycles. The Morgan fingerprint density at radius 3 is 2.56 bits per heavy atom. The Hall–Kier alpha value is -2.58. The number of ether oxygens (including phenoxy) is 1. The average molecular weight is 350 g/mol. The van der Waals surface area contributed by atoms with Crippen molar-refractivity contribution in [3.05, 3.63) is 94.0 Å². The maximum atomic E-state index is 6.16. The summed E-state index contributed by atoms with van der Waals surface area (Å²) in [5.41, 5.74) is 5.43. The van der Waals surface area contributed by atoms with Crippen LogP contribution in [0.4, 0.5) is 5.69 Å². The van der Waals surface area contributed by atoms with Crippen LogP contribution in [0.25, 0.3) is 0 Å². The van der Waals surface area contributed by atoms with Gasteiger partial charge in [-0.05, 0) is 60.9 Å². The molecule has 0 radical (unpaired) electrons. The van der Waals surface area contributed by atoms with Crippen LogP contribution in [0.15, 0.2) is 71.7 Å². The van der Waals surface area contributed by atoms with E-state index >= 15 is 0 Å². The first-order chi connectivity index (χ1) is 12.1. The molecule has 0 fully saturated rings. The molecule has 25 heavy (non-hydrogen) atoms. The molecule has 0 aliphatic rings. The largest absolute Gasteiger partial charge is 0.489 e. The summed E-state index contributed by atoms with van der Waals surface area (Å²) in [6, 6.07) is 21.8. The molecule has 0 spiro atoms. The predicted octanol–water partition coefficient (Wildman–Crippen LogP) is 6.29. The second-order valence-electron chi connectivity index (χ2n) is 5.98. The molecule has 2 nitrogen and oxygen atoms in total. The van der Waals surface area contributed by atoms with Crippen LogP contribution in [0.3, 0.4) is 0 Å². The highest BCUT2D eigenvalue weighted by atomic mass is 35.5. The lowest BCUT2D eigenvalue weighted by Crippen LogP contribution is -1.96. The van der Waals surface area contributed by atoms with Crippen LogP contribution in [0.1, 0.15) is 22.3 Å². The molecule has 0 saturated heterocycles. The molecule has 0 aromatic heterocycles. The van der Waals surface area contributed by atoms with E-state index in [1.54, 1.807) is 0 Å². The van der Waals surface area contributed by atoms with Crippen molar-refractivity contribution >= 4 is 23.5 Å². The first-order valence-electron chi connectivity index (χ1n) is 8.19. The number of aliphatic imine (C=N–C) groups is 1. The Balaban J connectivity index is 1.69. The molecular weight excluding hydrogens is 330 g/mol. The smallest absolute Gasteiger partial charge is 0.120 e. The Morgan fingerprint density at radius 1 is 0.920 bits per heavy atom. The molecule has 0 atom stereocenters. The zero-order valence-electron chi connectivity index (χ0n) is 14.4. The molecule has 3 aromatic rings. The van der Waals surface area contributed by atoms with Crippen LogP contribution in [-0.4, -0.2) is 6.21 Å². The minimum Gasteiger partial charge on any atom is -0.489 e. The van der Waals surface area contributed by atoms with Crippen LogP contribution in [0, 0.1) is 13.8 Å². The number of benzene rings is 3. The molecule has 0 aliphatic heterocycles. The van der Waals surface area contributed by atoms with Gasteiger partial charge in [0.15, 0.2) is 0 Å². The maximum absolute atomic E-state index is 6.16. The van der Waals surface area contributed by atoms with Crippen molar-refractivity contribution in [3.8, 4) is 5.75 Å². The summed E-state index contributed by atoms with van der Waals surface area (Å²) in [6.45, 7) is 4.64. The molecule has 0 bridgehead atoms. The number of nitrogens with zero attached hydrogens (tertiary/aromatic N) is 1. The summed E-state index contributed by atoms with van der Waals surface area (Å²) in [6.07, 6.45) is 1.85. The van der Waals surface area contributed by atoms with Gasteiger partial charge in [-0.25, -0.2) is 0 Å². The second kappa shape index (κ2) is 8.00. The zero-order chi connectivity index (χ0) is 17.6. The van der Waals surface area contributed by atoms with Crippen LogP contribution in [0.2, 0.25) is 5.02 Å². The van der Waals surface area contributed by atoms with E-state index in [4.69, 9.17) is 16.3 Å². The summed E-state index contributed by atoms with van der Waals surface area (Å²) in [4.78, 5) is 4.55. The molecule has 0 amide bonds. The molecule has 0 heterocycles. The van der Waals surface area contributed by atoms with Crippen LogP contribution in [-0.2, 0) is 6.61 Å². The Morgan fingerprint density at radius 2 is 1.76 bits per heavy atom. The SMILES string of the molecule is Cc1ccc(N=Cc2cccc(OCc3ccccc3Cl)c2)cc1C. The molecular formula is C22H20ClNO. The van der Waals surface area contributed by atoms with Gasteiger partial charge >= 0.3 is 0 Å². The third-order valence-corrected chi connectivity index (χ3v) is 4.43. The maximum Gasteiger partial charge on any atom is 0.120 e. The third-order valence-electron chi connectivity index (χ3n) is 4.06. The van der Waals surface area contributed by atoms with Crippen LogP contribution in [0.5, 0.6) is 5.75 Å². The van der Waals surface area contributed by atoms with E-state index < -0.39 is 0 Å². The van der Waals surface area contributed by atoms with Crippen molar-refractivity contribution in [1.82, 2.24) is 0 Å². The second-order valence-corrected chi connectivity index (χ2v) is 6.39. The average Bonchev–Trinajstić information content (AvgIpc) is 2.62. The fourth-order valence-electron chi connectivity index (χ4n) is 2.42. The molecule has 3 rings (SSSR count). The zero-order valence-corrected chi connectivity index (χ0v) is 15.1. The number of hydrogen-bond donors (Lipinski definition) is 0. The highest BCUT2D eigenvalue weighted by Gasteiger charge is 2.01. The first kappa shape index (κ1) is 17.2. The van der Waals surface area contributed by atoms with Crippen LogP contribution < -0.4 is 4.74 Å². The Kier molecular flexibility index (Phi) is 5.52. The number of rotatable bonds is 5. The van der Waals surface area contributed by atoms with Gasteiger partial charge in [0.2, 0.25) is 0 Å². The summed E-state index contributed by atoms with van der Waals surface area (Å²) in [5.74, 6) is 0.795. The topological polar surface area (TPSA) is 21.6 Å². The van der Waals surface area contributed by atoms with E-state index in [-0.39, 0.29) is 0 Å². The highest BCUT2D eigenvalue weighted by molar-refractivity contribution is 6.31. The van der Waals surface area contributed by atoms with Gasteiger partial charge in [-0.2, -0.15) is 0 Å². The lowest BCUT2D eigenvalue weighted by Gasteiger charge is -2.08. The number of aryl methyl sites for hydroxylation is 2. The lowest BCUT2D eigenvalue weighted by molar-refractivity contribution is 0.306. The monoisotopic (exact) mass is 349 g/mol. The fourth-order valence-corrected chi connectivity index (χ4v) is 2.61. The van der Waals surface area contributed by atoms with Gasteiger partial charge < -0.3 is 4.74 Å². The molecule has 0 aliphatic carbocycles. The van der Waals surface area contributed by atoms with E-state index in [1.165, 1.54) is 11.1 Å². The summed E-state index contributed by atoms with van der Waals surface area (Å²) in [5, 5.41) is 0.718. The highest BCUT2D eigenvalue weighted by Crippen LogP contribution is 2.20. The van der Waals surface area contributed by atoms with E-state index in [2.05, 4.69) is 31.0 Å². The minimum absolute atomic E-state index is 0.442. The van der Waals surface area contributed by atoms with Crippen molar-refractivity contribution in [2.24, 2.45) is 4.99 Å². The van der Waals surface area contributed by atoms with Gasteiger partial charge in [0.05, 0.1) is 5.69 Å². The first-order valence-corrected chi connectivity index (χ1v) is 8.57. The predicted molar refractivity (Wildman–Crippen MR) is 105 cm³/mol. The van der Waals surface area contributed by atoms with Gasteiger partial charge in [0.1, 0.15) is 12.4 Å². The molecule has 3 heteroatoms. The van der Waals surface area contributed by atoms with Crippen molar-refractivity contribution < 1.29 is 4.74 Å². The van der Waals surface area contributed by atoms with Gasteiger partial charge in [-0.1, -0.05) is 48.0 Å². The van der Waals surface area contributed by atoms with Crippen molar-refractivity contribution in [2.45, 2.75) is 20.5 Å². The van der Waals surface area contributed by atoms with E-state index in [0.29, 0.717) is 6.61 Å². The molecule has 0 N–H and O–H groups in total. The van der Waals surface area contributed by atoms with E-state index in [9.17, 15) is 0 Å². The summed E-state index contributed by atoms with van der Waals surface area (Å²) >= 11 is 6.16. The fraction of sp³-hybridized carbons (Fsp3) is 0.136. The Labute approximate surface area is 153 Å². The minimum atomic E-state index is 0.442. The number of halogens is 1. The quantitative estimate of drug-likeness (QED) is 0.496. The third kappa shape index (κ3) is 4.71. The van der Waals surface area contributed by atoms with Crippen molar-refractivity contribution in [1.29, 1.82) is 0 Å². The van der Waals surface area contributed by atoms with Gasteiger partial charge in [0, 0.05) is 16.8 Å². The molecule has 126 valence electrons. The van der Waals surface area contributed by atoms with E-state index in [0.717, 1.165) is 27.6 Å². The summed E-state index contributed by atoms with van der Waals surface area (Å²) < 4.78 is 5.85. The molecule has 3 aromatic carbocycles. The Bertz CT molecular complexity index is 902. The summed E-state index contributed by atoms with van der Waals surface area (Å²) in [7, 11) is 0. The normalized spacial score (nSPS) is 11.0. The van der Waals surface area contributed by atoms with Gasteiger partial charge in [-0.15, -0.1) is 0 Å². The lowest BCUT2D eigenvalue weighted by atomic mass is 10.1. The van der Waals surface area contributed by atoms with E-state index in [1.807, 2.05) is 60.8 Å². The van der Waals surface area contributed by atoms with Crippen molar-refractivity contribution in [3.63, 3.8) is 0 Å².